The Balaban J connectivity index is 1.45. The zero-order valence-corrected chi connectivity index (χ0v) is 11.4. The fourth-order valence-electron chi connectivity index (χ4n) is 3.77. The number of aryl methyl sites for hydroxylation is 1. The van der Waals surface area contributed by atoms with Crippen LogP contribution in [0.2, 0.25) is 0 Å². The van der Waals surface area contributed by atoms with Crippen LogP contribution in [-0.4, -0.2) is 11.0 Å². The highest BCUT2D eigenvalue weighted by Gasteiger charge is 2.37. The van der Waals surface area contributed by atoms with E-state index in [-0.39, 0.29) is 0 Å². The third-order valence-electron chi connectivity index (χ3n) is 4.92. The SMILES string of the molecule is Cc1cnc(CNC2CCC3(CCCC3)CC2)o1. The third-order valence-corrected chi connectivity index (χ3v) is 4.92. The zero-order chi connectivity index (χ0) is 12.4. The molecule has 1 aromatic heterocycles. The van der Waals surface area contributed by atoms with Gasteiger partial charge in [0.25, 0.3) is 0 Å². The summed E-state index contributed by atoms with van der Waals surface area (Å²) in [4.78, 5) is 4.24. The van der Waals surface area contributed by atoms with Gasteiger partial charge in [0.05, 0.1) is 12.7 Å². The van der Waals surface area contributed by atoms with Crippen LogP contribution in [0.4, 0.5) is 0 Å². The molecule has 2 aliphatic carbocycles. The number of nitrogens with one attached hydrogen (secondary N) is 1. The predicted molar refractivity (Wildman–Crippen MR) is 71.2 cm³/mol. The van der Waals surface area contributed by atoms with Crippen LogP contribution >= 0.6 is 0 Å². The fraction of sp³-hybridized carbons (Fsp3) is 0.800. The summed E-state index contributed by atoms with van der Waals surface area (Å²) in [6.45, 7) is 2.73. The van der Waals surface area contributed by atoms with Gasteiger partial charge in [-0.1, -0.05) is 12.8 Å². The second-order valence-electron chi connectivity index (χ2n) is 6.23. The first kappa shape index (κ1) is 12.2. The maximum absolute atomic E-state index is 5.49. The lowest BCUT2D eigenvalue weighted by Gasteiger charge is -2.37. The van der Waals surface area contributed by atoms with Crippen molar-refractivity contribution in [2.75, 3.05) is 0 Å². The summed E-state index contributed by atoms with van der Waals surface area (Å²) < 4.78 is 5.49. The number of oxazole rings is 1. The minimum Gasteiger partial charge on any atom is -0.445 e. The van der Waals surface area contributed by atoms with Gasteiger partial charge >= 0.3 is 0 Å². The lowest BCUT2D eigenvalue weighted by Crippen LogP contribution is -2.36. The lowest BCUT2D eigenvalue weighted by atomic mass is 9.71. The highest BCUT2D eigenvalue weighted by atomic mass is 16.4. The Morgan fingerprint density at radius 1 is 1.28 bits per heavy atom. The predicted octanol–water partition coefficient (Wildman–Crippen LogP) is 3.58. The van der Waals surface area contributed by atoms with Gasteiger partial charge in [-0.2, -0.15) is 0 Å². The van der Waals surface area contributed by atoms with Crippen molar-refractivity contribution in [3.05, 3.63) is 17.8 Å². The third kappa shape index (κ3) is 2.61. The molecule has 0 aromatic carbocycles. The molecule has 3 nitrogen and oxygen atoms in total. The molecule has 3 heteroatoms. The molecule has 1 aromatic rings. The van der Waals surface area contributed by atoms with Crippen LogP contribution in [0.5, 0.6) is 0 Å². The standard InChI is InChI=1S/C15H24N2O/c1-12-10-17-14(18-12)11-16-13-4-8-15(9-5-13)6-2-3-7-15/h10,13,16H,2-9,11H2,1H3. The topological polar surface area (TPSA) is 38.1 Å². The monoisotopic (exact) mass is 248 g/mol. The van der Waals surface area contributed by atoms with Gasteiger partial charge in [-0.3, -0.25) is 0 Å². The molecule has 0 aliphatic heterocycles. The van der Waals surface area contributed by atoms with E-state index < -0.39 is 0 Å². The van der Waals surface area contributed by atoms with Crippen LogP contribution in [0, 0.1) is 12.3 Å². The second-order valence-corrected chi connectivity index (χ2v) is 6.23. The van der Waals surface area contributed by atoms with Crippen molar-refractivity contribution in [2.45, 2.75) is 70.9 Å². The molecule has 2 saturated carbocycles. The van der Waals surface area contributed by atoms with E-state index in [1.165, 1.54) is 51.4 Å². The van der Waals surface area contributed by atoms with Crippen molar-refractivity contribution >= 4 is 0 Å². The Morgan fingerprint density at radius 2 is 2.00 bits per heavy atom. The Kier molecular flexibility index (Phi) is 3.42. The highest BCUT2D eigenvalue weighted by molar-refractivity contribution is 4.93. The van der Waals surface area contributed by atoms with Crippen molar-refractivity contribution in [3.63, 3.8) is 0 Å². The Morgan fingerprint density at radius 3 is 2.61 bits per heavy atom. The largest absolute Gasteiger partial charge is 0.445 e. The molecular weight excluding hydrogens is 224 g/mol. The van der Waals surface area contributed by atoms with Gasteiger partial charge in [0.2, 0.25) is 5.89 Å². The molecule has 0 unspecified atom stereocenters. The summed E-state index contributed by atoms with van der Waals surface area (Å²) in [6, 6.07) is 0.670. The molecule has 0 amide bonds. The summed E-state index contributed by atoms with van der Waals surface area (Å²) in [6.07, 6.45) is 13.2. The molecule has 2 aliphatic rings. The molecule has 1 spiro atoms. The van der Waals surface area contributed by atoms with Crippen LogP contribution in [0.25, 0.3) is 0 Å². The first-order chi connectivity index (χ1) is 8.76. The highest BCUT2D eigenvalue weighted by Crippen LogP contribution is 2.48. The number of aromatic nitrogens is 1. The van der Waals surface area contributed by atoms with Gasteiger partial charge in [-0.15, -0.1) is 0 Å². The van der Waals surface area contributed by atoms with Crippen molar-refractivity contribution in [3.8, 4) is 0 Å². The van der Waals surface area contributed by atoms with E-state index in [0.717, 1.165) is 23.6 Å². The molecule has 0 radical (unpaired) electrons. The van der Waals surface area contributed by atoms with Crippen molar-refractivity contribution in [1.29, 1.82) is 0 Å². The summed E-state index contributed by atoms with van der Waals surface area (Å²) in [7, 11) is 0. The zero-order valence-electron chi connectivity index (χ0n) is 11.4. The van der Waals surface area contributed by atoms with Crippen LogP contribution in [0.15, 0.2) is 10.6 Å². The van der Waals surface area contributed by atoms with Crippen LogP contribution in [0.3, 0.4) is 0 Å². The molecule has 2 fully saturated rings. The Labute approximate surface area is 109 Å². The number of hydrogen-bond donors (Lipinski definition) is 1. The van der Waals surface area contributed by atoms with E-state index in [9.17, 15) is 0 Å². The minimum atomic E-state index is 0.670. The normalized spacial score (nSPS) is 23.8. The van der Waals surface area contributed by atoms with Crippen molar-refractivity contribution < 1.29 is 4.42 Å². The van der Waals surface area contributed by atoms with Crippen LogP contribution < -0.4 is 5.32 Å². The van der Waals surface area contributed by atoms with Crippen molar-refractivity contribution in [2.24, 2.45) is 5.41 Å². The van der Waals surface area contributed by atoms with Gasteiger partial charge in [0, 0.05) is 6.04 Å². The number of nitrogens with zero attached hydrogens (tertiary/aromatic N) is 1. The first-order valence-corrected chi connectivity index (χ1v) is 7.41. The van der Waals surface area contributed by atoms with E-state index >= 15 is 0 Å². The summed E-state index contributed by atoms with van der Waals surface area (Å²) in [5.74, 6) is 1.73. The van der Waals surface area contributed by atoms with E-state index in [2.05, 4.69) is 10.3 Å². The Bertz CT molecular complexity index is 383. The average molecular weight is 248 g/mol. The van der Waals surface area contributed by atoms with Gasteiger partial charge in [-0.25, -0.2) is 4.98 Å². The molecule has 100 valence electrons. The average Bonchev–Trinajstić information content (AvgIpc) is 2.99. The maximum atomic E-state index is 5.49. The number of rotatable bonds is 3. The maximum Gasteiger partial charge on any atom is 0.208 e. The molecular formula is C15H24N2O. The quantitative estimate of drug-likeness (QED) is 0.888. The van der Waals surface area contributed by atoms with Gasteiger partial charge < -0.3 is 9.73 Å². The first-order valence-electron chi connectivity index (χ1n) is 7.41. The second kappa shape index (κ2) is 5.04. The molecule has 0 bridgehead atoms. The number of hydrogen-bond acceptors (Lipinski definition) is 3. The molecule has 18 heavy (non-hydrogen) atoms. The lowest BCUT2D eigenvalue weighted by molar-refractivity contribution is 0.166. The van der Waals surface area contributed by atoms with E-state index in [4.69, 9.17) is 4.42 Å². The minimum absolute atomic E-state index is 0.670. The van der Waals surface area contributed by atoms with Gasteiger partial charge in [0.15, 0.2) is 0 Å². The van der Waals surface area contributed by atoms with Gasteiger partial charge in [-0.05, 0) is 50.9 Å². The van der Waals surface area contributed by atoms with Crippen LogP contribution in [-0.2, 0) is 6.54 Å². The summed E-state index contributed by atoms with van der Waals surface area (Å²) >= 11 is 0. The molecule has 0 saturated heterocycles. The molecule has 1 N–H and O–H groups in total. The van der Waals surface area contributed by atoms with Gasteiger partial charge in [0.1, 0.15) is 5.76 Å². The molecule has 3 rings (SSSR count). The molecule has 0 atom stereocenters. The smallest absolute Gasteiger partial charge is 0.208 e. The summed E-state index contributed by atoms with van der Waals surface area (Å²) in [5, 5.41) is 3.60. The summed E-state index contributed by atoms with van der Waals surface area (Å²) in [5.41, 5.74) is 0.734. The Hall–Kier alpha value is -0.830. The van der Waals surface area contributed by atoms with Crippen molar-refractivity contribution in [1.82, 2.24) is 10.3 Å². The van der Waals surface area contributed by atoms with E-state index in [1.54, 1.807) is 6.20 Å². The molecule has 1 heterocycles. The van der Waals surface area contributed by atoms with E-state index in [0.29, 0.717) is 6.04 Å². The van der Waals surface area contributed by atoms with E-state index in [1.807, 2.05) is 6.92 Å². The van der Waals surface area contributed by atoms with Crippen LogP contribution in [0.1, 0.15) is 63.0 Å². The fourth-order valence-corrected chi connectivity index (χ4v) is 3.77.